The van der Waals surface area contributed by atoms with Gasteiger partial charge in [0.1, 0.15) is 0 Å². The number of benzene rings is 1. The second kappa shape index (κ2) is 9.64. The van der Waals surface area contributed by atoms with Gasteiger partial charge in [0.2, 0.25) is 0 Å². The maximum absolute atomic E-state index is 12.9. The van der Waals surface area contributed by atoms with Gasteiger partial charge in [0.25, 0.3) is 0 Å². The van der Waals surface area contributed by atoms with Crippen molar-refractivity contribution < 1.29 is 4.79 Å². The van der Waals surface area contributed by atoms with Crippen LogP contribution in [0.15, 0.2) is 30.5 Å². The van der Waals surface area contributed by atoms with Crippen molar-refractivity contribution in [2.24, 2.45) is 5.92 Å². The SMILES string of the molecule is O=C(NC1CCN(CC2CCCCC2)CC1)N1CCC(c2c[nH]c3ccccc23)CC1. The molecule has 1 aromatic carbocycles. The second-order valence-corrected chi connectivity index (χ2v) is 10.1. The number of fused-ring (bicyclic) bond motifs is 1. The number of aromatic amines is 1. The highest BCUT2D eigenvalue weighted by Gasteiger charge is 2.28. The molecule has 3 heterocycles. The fourth-order valence-electron chi connectivity index (χ4n) is 6.09. The van der Waals surface area contributed by atoms with Gasteiger partial charge in [-0.25, -0.2) is 4.79 Å². The Balaban J connectivity index is 1.06. The first-order valence-corrected chi connectivity index (χ1v) is 12.6. The van der Waals surface area contributed by atoms with Gasteiger partial charge in [-0.15, -0.1) is 0 Å². The quantitative estimate of drug-likeness (QED) is 0.720. The second-order valence-electron chi connectivity index (χ2n) is 10.1. The van der Waals surface area contributed by atoms with Crippen LogP contribution in [0.3, 0.4) is 0 Å². The fraction of sp³-hybridized carbons (Fsp3) is 0.654. The third kappa shape index (κ3) is 4.92. The Labute approximate surface area is 186 Å². The number of piperidine rings is 2. The summed E-state index contributed by atoms with van der Waals surface area (Å²) in [6.07, 6.45) is 13.6. The Bertz CT molecular complexity index is 855. The van der Waals surface area contributed by atoms with Gasteiger partial charge in [0.05, 0.1) is 0 Å². The van der Waals surface area contributed by atoms with Crippen LogP contribution in [-0.2, 0) is 0 Å². The molecule has 168 valence electrons. The zero-order chi connectivity index (χ0) is 21.0. The highest BCUT2D eigenvalue weighted by Crippen LogP contribution is 2.33. The lowest BCUT2D eigenvalue weighted by Gasteiger charge is -2.37. The molecule has 5 nitrogen and oxygen atoms in total. The van der Waals surface area contributed by atoms with Gasteiger partial charge in [-0.2, -0.15) is 0 Å². The smallest absolute Gasteiger partial charge is 0.317 e. The van der Waals surface area contributed by atoms with Crippen LogP contribution in [0.5, 0.6) is 0 Å². The molecular formula is C26H38N4O. The average molecular weight is 423 g/mol. The number of nitrogens with one attached hydrogen (secondary N) is 2. The Morgan fingerprint density at radius 1 is 0.935 bits per heavy atom. The summed E-state index contributed by atoms with van der Waals surface area (Å²) in [5.74, 6) is 1.46. The van der Waals surface area contributed by atoms with Crippen LogP contribution >= 0.6 is 0 Å². The molecule has 3 aliphatic rings. The standard InChI is InChI=1S/C26H38N4O/c31-26(28-22-12-14-29(15-13-22)19-20-6-2-1-3-7-20)30-16-10-21(11-17-30)24-18-27-25-9-5-4-8-23(24)25/h4-5,8-9,18,20-22,27H,1-3,6-7,10-17,19H2,(H,28,31). The van der Waals surface area contributed by atoms with E-state index in [0.717, 1.165) is 57.8 Å². The van der Waals surface area contributed by atoms with Crippen LogP contribution < -0.4 is 5.32 Å². The molecule has 5 rings (SSSR count). The van der Waals surface area contributed by atoms with Crippen molar-refractivity contribution in [3.63, 3.8) is 0 Å². The van der Waals surface area contributed by atoms with Crippen molar-refractivity contribution in [3.8, 4) is 0 Å². The van der Waals surface area contributed by atoms with Crippen LogP contribution in [0, 0.1) is 5.92 Å². The minimum Gasteiger partial charge on any atom is -0.361 e. The highest BCUT2D eigenvalue weighted by molar-refractivity contribution is 5.83. The van der Waals surface area contributed by atoms with Crippen LogP contribution in [0.2, 0.25) is 0 Å². The number of hydrogen-bond acceptors (Lipinski definition) is 2. The van der Waals surface area contributed by atoms with Crippen LogP contribution in [0.4, 0.5) is 4.79 Å². The van der Waals surface area contributed by atoms with E-state index in [1.165, 1.54) is 55.1 Å². The van der Waals surface area contributed by atoms with Crippen LogP contribution in [-0.4, -0.2) is 59.6 Å². The summed E-state index contributed by atoms with van der Waals surface area (Å²) in [6.45, 7) is 5.28. The fourth-order valence-corrected chi connectivity index (χ4v) is 6.09. The molecule has 5 heteroatoms. The lowest BCUT2D eigenvalue weighted by molar-refractivity contribution is 0.145. The summed E-state index contributed by atoms with van der Waals surface area (Å²) in [4.78, 5) is 21.0. The molecule has 31 heavy (non-hydrogen) atoms. The maximum atomic E-state index is 12.9. The molecule has 3 fully saturated rings. The summed E-state index contributed by atoms with van der Waals surface area (Å²) in [5.41, 5.74) is 2.63. The van der Waals surface area contributed by atoms with E-state index in [4.69, 9.17) is 0 Å². The zero-order valence-electron chi connectivity index (χ0n) is 18.8. The summed E-state index contributed by atoms with van der Waals surface area (Å²) < 4.78 is 0. The molecule has 0 radical (unpaired) electrons. The van der Waals surface area contributed by atoms with Crippen molar-refractivity contribution in [1.29, 1.82) is 0 Å². The third-order valence-corrected chi connectivity index (χ3v) is 8.00. The van der Waals surface area contributed by atoms with E-state index in [0.29, 0.717) is 12.0 Å². The molecule has 2 aliphatic heterocycles. The minimum absolute atomic E-state index is 0.156. The van der Waals surface area contributed by atoms with Gasteiger partial charge in [-0.1, -0.05) is 37.5 Å². The van der Waals surface area contributed by atoms with Gasteiger partial charge in [-0.3, -0.25) is 0 Å². The largest absolute Gasteiger partial charge is 0.361 e. The lowest BCUT2D eigenvalue weighted by atomic mass is 9.88. The highest BCUT2D eigenvalue weighted by atomic mass is 16.2. The first kappa shape index (κ1) is 20.9. The molecule has 1 aromatic heterocycles. The lowest BCUT2D eigenvalue weighted by Crippen LogP contribution is -2.51. The van der Waals surface area contributed by atoms with Gasteiger partial charge in [0.15, 0.2) is 0 Å². The first-order chi connectivity index (χ1) is 15.3. The molecule has 0 spiro atoms. The van der Waals surface area contributed by atoms with Gasteiger partial charge < -0.3 is 20.1 Å². The normalized spacial score (nSPS) is 22.8. The number of amides is 2. The predicted octanol–water partition coefficient (Wildman–Crippen LogP) is 5.10. The van der Waals surface area contributed by atoms with E-state index >= 15 is 0 Å². The molecule has 0 bridgehead atoms. The number of likely N-dealkylation sites (tertiary alicyclic amines) is 2. The number of nitrogens with zero attached hydrogens (tertiary/aromatic N) is 2. The number of carbonyl (C=O) groups excluding carboxylic acids is 1. The number of rotatable bonds is 4. The average Bonchev–Trinajstić information content (AvgIpc) is 3.25. The Hall–Kier alpha value is -2.01. The summed E-state index contributed by atoms with van der Waals surface area (Å²) in [5, 5.41) is 4.68. The van der Waals surface area contributed by atoms with Crippen molar-refractivity contribution in [1.82, 2.24) is 20.1 Å². The maximum Gasteiger partial charge on any atom is 0.317 e. The molecular weight excluding hydrogens is 384 g/mol. The van der Waals surface area contributed by atoms with Crippen LogP contribution in [0.1, 0.15) is 69.3 Å². The summed E-state index contributed by atoms with van der Waals surface area (Å²) in [6, 6.07) is 9.05. The minimum atomic E-state index is 0.156. The van der Waals surface area contributed by atoms with E-state index in [1.807, 2.05) is 4.90 Å². The van der Waals surface area contributed by atoms with Crippen molar-refractivity contribution in [2.45, 2.75) is 69.7 Å². The number of H-pyrrole nitrogens is 1. The first-order valence-electron chi connectivity index (χ1n) is 12.6. The Morgan fingerprint density at radius 3 is 2.45 bits per heavy atom. The van der Waals surface area contributed by atoms with E-state index < -0.39 is 0 Å². The number of urea groups is 1. The Kier molecular flexibility index (Phi) is 6.49. The Morgan fingerprint density at radius 2 is 1.68 bits per heavy atom. The molecule has 2 amide bonds. The molecule has 0 atom stereocenters. The number of para-hydroxylation sites is 1. The molecule has 1 saturated carbocycles. The third-order valence-electron chi connectivity index (χ3n) is 8.00. The van der Waals surface area contributed by atoms with E-state index in [-0.39, 0.29) is 6.03 Å². The molecule has 0 unspecified atom stereocenters. The number of carbonyl (C=O) groups is 1. The van der Waals surface area contributed by atoms with E-state index in [2.05, 4.69) is 45.7 Å². The molecule has 2 N–H and O–H groups in total. The number of hydrogen-bond donors (Lipinski definition) is 2. The van der Waals surface area contributed by atoms with Crippen LogP contribution in [0.25, 0.3) is 10.9 Å². The molecule has 2 aromatic rings. The topological polar surface area (TPSA) is 51.4 Å². The van der Waals surface area contributed by atoms with E-state index in [9.17, 15) is 4.79 Å². The zero-order valence-corrected chi connectivity index (χ0v) is 18.8. The van der Waals surface area contributed by atoms with Crippen molar-refractivity contribution in [2.75, 3.05) is 32.7 Å². The molecule has 1 aliphatic carbocycles. The molecule has 2 saturated heterocycles. The van der Waals surface area contributed by atoms with Gasteiger partial charge in [0, 0.05) is 55.9 Å². The van der Waals surface area contributed by atoms with Gasteiger partial charge >= 0.3 is 6.03 Å². The predicted molar refractivity (Wildman–Crippen MR) is 126 cm³/mol. The monoisotopic (exact) mass is 422 g/mol. The number of aromatic nitrogens is 1. The van der Waals surface area contributed by atoms with E-state index in [1.54, 1.807) is 0 Å². The summed E-state index contributed by atoms with van der Waals surface area (Å²) in [7, 11) is 0. The van der Waals surface area contributed by atoms with Gasteiger partial charge in [-0.05, 0) is 62.0 Å². The van der Waals surface area contributed by atoms with Crippen molar-refractivity contribution in [3.05, 3.63) is 36.0 Å². The summed E-state index contributed by atoms with van der Waals surface area (Å²) >= 11 is 0. The van der Waals surface area contributed by atoms with Crippen molar-refractivity contribution >= 4 is 16.9 Å².